The van der Waals surface area contributed by atoms with Gasteiger partial charge < -0.3 is 19.8 Å². The minimum atomic E-state index is 0. The number of hydrogen-bond acceptors (Lipinski definition) is 3. The fourth-order valence-electron chi connectivity index (χ4n) is 2.60. The summed E-state index contributed by atoms with van der Waals surface area (Å²) in [5.74, 6) is 1.89. The first kappa shape index (κ1) is 21.3. The van der Waals surface area contributed by atoms with E-state index in [4.69, 9.17) is 14.1 Å². The largest absolute Gasteiger partial charge is 0.469 e. The van der Waals surface area contributed by atoms with Crippen LogP contribution in [0.1, 0.15) is 51.7 Å². The van der Waals surface area contributed by atoms with Gasteiger partial charge in [-0.1, -0.05) is 6.92 Å². The van der Waals surface area contributed by atoms with Gasteiger partial charge in [-0.25, -0.2) is 0 Å². The molecule has 1 aliphatic rings. The monoisotopic (exact) mass is 449 g/mol. The van der Waals surface area contributed by atoms with Gasteiger partial charge in [0.2, 0.25) is 0 Å². The van der Waals surface area contributed by atoms with Crippen molar-refractivity contribution in [3.63, 3.8) is 0 Å². The van der Waals surface area contributed by atoms with Crippen molar-refractivity contribution >= 4 is 29.9 Å². The van der Waals surface area contributed by atoms with Crippen molar-refractivity contribution < 1.29 is 9.15 Å². The molecule has 5 nitrogen and oxygen atoms in total. The van der Waals surface area contributed by atoms with E-state index in [0.29, 0.717) is 12.1 Å². The minimum absolute atomic E-state index is 0. The highest BCUT2D eigenvalue weighted by atomic mass is 127. The Morgan fingerprint density at radius 3 is 2.96 bits per heavy atom. The molecule has 1 fully saturated rings. The van der Waals surface area contributed by atoms with Gasteiger partial charge >= 0.3 is 0 Å². The highest BCUT2D eigenvalue weighted by Crippen LogP contribution is 2.15. The number of ether oxygens (including phenoxy) is 1. The first-order valence-corrected chi connectivity index (χ1v) is 8.96. The average molecular weight is 449 g/mol. The summed E-state index contributed by atoms with van der Waals surface area (Å²) in [6, 6.07) is 4.34. The van der Waals surface area contributed by atoms with E-state index in [9.17, 15) is 0 Å². The third-order valence-electron chi connectivity index (χ3n) is 4.23. The van der Waals surface area contributed by atoms with Crippen LogP contribution in [-0.4, -0.2) is 37.8 Å². The molecular weight excluding hydrogens is 417 g/mol. The normalized spacial score (nSPS) is 19.4. The molecule has 0 bridgehead atoms. The van der Waals surface area contributed by atoms with Gasteiger partial charge in [-0.05, 0) is 51.2 Å². The lowest BCUT2D eigenvalue weighted by molar-refractivity contribution is 0.0129. The van der Waals surface area contributed by atoms with Crippen molar-refractivity contribution in [2.45, 2.75) is 64.5 Å². The van der Waals surface area contributed by atoms with E-state index in [2.05, 4.69) is 24.5 Å². The summed E-state index contributed by atoms with van der Waals surface area (Å²) in [5, 5.41) is 6.85. The zero-order chi connectivity index (χ0) is 16.3. The van der Waals surface area contributed by atoms with Crippen molar-refractivity contribution in [2.24, 2.45) is 4.99 Å². The van der Waals surface area contributed by atoms with Gasteiger partial charge in [0.25, 0.3) is 0 Å². The third-order valence-corrected chi connectivity index (χ3v) is 4.23. The maximum absolute atomic E-state index is 5.77. The Kier molecular flexibility index (Phi) is 11.2. The van der Waals surface area contributed by atoms with Gasteiger partial charge in [0.05, 0.1) is 12.4 Å². The lowest BCUT2D eigenvalue weighted by Crippen LogP contribution is -2.43. The van der Waals surface area contributed by atoms with Crippen LogP contribution in [0.4, 0.5) is 0 Å². The fraction of sp³-hybridized carbons (Fsp3) is 0.722. The molecule has 1 aromatic rings. The molecule has 2 heterocycles. The van der Waals surface area contributed by atoms with E-state index in [1.165, 1.54) is 19.3 Å². The average Bonchev–Trinajstić information content (AvgIpc) is 3.09. The van der Waals surface area contributed by atoms with Crippen LogP contribution in [-0.2, 0) is 11.2 Å². The summed E-state index contributed by atoms with van der Waals surface area (Å²) in [6.45, 7) is 6.88. The van der Waals surface area contributed by atoms with Gasteiger partial charge in [0.15, 0.2) is 5.96 Å². The molecule has 1 aromatic heterocycles. The maximum atomic E-state index is 5.77. The predicted molar refractivity (Wildman–Crippen MR) is 109 cm³/mol. The molecule has 1 saturated heterocycles. The molecule has 2 rings (SSSR count). The number of aliphatic imine (C=N–C) groups is 1. The maximum Gasteiger partial charge on any atom is 0.191 e. The quantitative estimate of drug-likeness (QED) is 0.361. The van der Waals surface area contributed by atoms with Crippen molar-refractivity contribution in [2.75, 3.05) is 19.7 Å². The first-order chi connectivity index (χ1) is 11.3. The molecular formula is C18H32IN3O2. The van der Waals surface area contributed by atoms with Crippen molar-refractivity contribution in [3.05, 3.63) is 24.2 Å². The second-order valence-electron chi connectivity index (χ2n) is 6.22. The van der Waals surface area contributed by atoms with Gasteiger partial charge in [-0.2, -0.15) is 0 Å². The summed E-state index contributed by atoms with van der Waals surface area (Å²) in [7, 11) is 0. The molecule has 1 aliphatic heterocycles. The number of halogens is 1. The van der Waals surface area contributed by atoms with Crippen LogP contribution in [0.5, 0.6) is 0 Å². The van der Waals surface area contributed by atoms with E-state index in [-0.39, 0.29) is 24.0 Å². The Labute approximate surface area is 163 Å². The fourth-order valence-corrected chi connectivity index (χ4v) is 2.60. The molecule has 0 aromatic carbocycles. The third kappa shape index (κ3) is 8.37. The van der Waals surface area contributed by atoms with Crippen molar-refractivity contribution in [3.8, 4) is 0 Å². The Morgan fingerprint density at radius 1 is 1.42 bits per heavy atom. The molecule has 0 spiro atoms. The lowest BCUT2D eigenvalue weighted by atomic mass is 10.1. The van der Waals surface area contributed by atoms with Crippen LogP contribution in [0.3, 0.4) is 0 Å². The highest BCUT2D eigenvalue weighted by Gasteiger charge is 2.13. The second-order valence-corrected chi connectivity index (χ2v) is 6.22. The summed E-state index contributed by atoms with van der Waals surface area (Å²) in [4.78, 5) is 4.71. The Morgan fingerprint density at radius 2 is 2.29 bits per heavy atom. The topological polar surface area (TPSA) is 58.8 Å². The Hall–Kier alpha value is -0.760. The van der Waals surface area contributed by atoms with Gasteiger partial charge in [-0.3, -0.25) is 4.99 Å². The lowest BCUT2D eigenvalue weighted by Gasteiger charge is -2.22. The van der Waals surface area contributed by atoms with Crippen LogP contribution in [0.2, 0.25) is 0 Å². The number of nitrogens with one attached hydrogen (secondary N) is 2. The highest BCUT2D eigenvalue weighted by molar-refractivity contribution is 14.0. The zero-order valence-corrected chi connectivity index (χ0v) is 17.3. The van der Waals surface area contributed by atoms with Crippen LogP contribution in [0.15, 0.2) is 27.8 Å². The van der Waals surface area contributed by atoms with Gasteiger partial charge in [0.1, 0.15) is 5.76 Å². The summed E-state index contributed by atoms with van der Waals surface area (Å²) < 4.78 is 11.1. The van der Waals surface area contributed by atoms with E-state index in [1.54, 1.807) is 6.26 Å². The van der Waals surface area contributed by atoms with Crippen LogP contribution in [0.25, 0.3) is 0 Å². The minimum Gasteiger partial charge on any atom is -0.469 e. The molecule has 2 atom stereocenters. The molecule has 24 heavy (non-hydrogen) atoms. The van der Waals surface area contributed by atoms with E-state index in [1.807, 2.05) is 12.1 Å². The molecule has 2 unspecified atom stereocenters. The smallest absolute Gasteiger partial charge is 0.191 e. The molecule has 0 saturated carbocycles. The summed E-state index contributed by atoms with van der Waals surface area (Å²) in [6.07, 6.45) is 8.71. The first-order valence-electron chi connectivity index (χ1n) is 8.96. The summed E-state index contributed by atoms with van der Waals surface area (Å²) >= 11 is 0. The van der Waals surface area contributed by atoms with Gasteiger partial charge in [0, 0.05) is 32.2 Å². The molecule has 2 N–H and O–H groups in total. The SMILES string of the molecule is CCC(C)NC(=NCCC1CCCCO1)NCCc1ccco1.I. The number of furan rings is 1. The number of guanidine groups is 1. The van der Waals surface area contributed by atoms with Gasteiger partial charge in [-0.15, -0.1) is 24.0 Å². The molecule has 6 heteroatoms. The van der Waals surface area contributed by atoms with Crippen molar-refractivity contribution in [1.82, 2.24) is 10.6 Å². The second kappa shape index (κ2) is 12.6. The Bertz CT molecular complexity index is 445. The van der Waals surface area contributed by atoms with Crippen LogP contribution < -0.4 is 10.6 Å². The van der Waals surface area contributed by atoms with Crippen molar-refractivity contribution in [1.29, 1.82) is 0 Å². The van der Waals surface area contributed by atoms with E-state index >= 15 is 0 Å². The number of nitrogens with zero attached hydrogens (tertiary/aromatic N) is 1. The number of hydrogen-bond donors (Lipinski definition) is 2. The van der Waals surface area contributed by atoms with Crippen LogP contribution in [0, 0.1) is 0 Å². The summed E-state index contributed by atoms with van der Waals surface area (Å²) in [5.41, 5.74) is 0. The zero-order valence-electron chi connectivity index (χ0n) is 14.9. The molecule has 0 amide bonds. The molecule has 0 aliphatic carbocycles. The standard InChI is InChI=1S/C18H31N3O2.HI/c1-3-15(2)21-18(20-12-10-17-8-6-14-23-17)19-11-9-16-7-4-5-13-22-16;/h6,8,14-16H,3-5,7,9-13H2,1-2H3,(H2,19,20,21);1H. The molecule has 138 valence electrons. The number of rotatable bonds is 8. The van der Waals surface area contributed by atoms with E-state index in [0.717, 1.165) is 50.7 Å². The van der Waals surface area contributed by atoms with E-state index < -0.39 is 0 Å². The Balaban J connectivity index is 0.00000288. The molecule has 0 radical (unpaired) electrons. The van der Waals surface area contributed by atoms with Crippen LogP contribution >= 0.6 is 24.0 Å². The predicted octanol–water partition coefficient (Wildman–Crippen LogP) is 3.73.